The first-order chi connectivity index (χ1) is 19.7. The van der Waals surface area contributed by atoms with Crippen molar-refractivity contribution >= 4 is 17.2 Å². The smallest absolute Gasteiger partial charge is 0.261 e. The van der Waals surface area contributed by atoms with Crippen LogP contribution in [0.25, 0.3) is 16.7 Å². The lowest BCUT2D eigenvalue weighted by Crippen LogP contribution is -2.37. The van der Waals surface area contributed by atoms with Crippen LogP contribution in [0.2, 0.25) is 0 Å². The maximum Gasteiger partial charge on any atom is 0.261 e. The quantitative estimate of drug-likeness (QED) is 0.293. The maximum absolute atomic E-state index is 13.6. The molecule has 218 valence electrons. The van der Waals surface area contributed by atoms with Gasteiger partial charge in [-0.1, -0.05) is 31.4 Å². The third-order valence-corrected chi connectivity index (χ3v) is 7.27. The summed E-state index contributed by atoms with van der Waals surface area (Å²) in [7, 11) is 1.79. The number of aromatic nitrogens is 1. The van der Waals surface area contributed by atoms with Crippen molar-refractivity contribution in [3.63, 3.8) is 0 Å². The largest absolute Gasteiger partial charge is 0.388 e. The predicted molar refractivity (Wildman–Crippen MR) is 161 cm³/mol. The van der Waals surface area contributed by atoms with Crippen molar-refractivity contribution < 1.29 is 18.3 Å². The van der Waals surface area contributed by atoms with E-state index in [9.17, 15) is 13.6 Å². The van der Waals surface area contributed by atoms with E-state index in [-0.39, 0.29) is 18.9 Å². The second-order valence-electron chi connectivity index (χ2n) is 10.5. The molecule has 2 saturated heterocycles. The van der Waals surface area contributed by atoms with Crippen molar-refractivity contribution in [1.29, 1.82) is 0 Å². The third-order valence-electron chi connectivity index (χ3n) is 7.27. The van der Waals surface area contributed by atoms with Crippen LogP contribution in [0.3, 0.4) is 0 Å². The van der Waals surface area contributed by atoms with E-state index >= 15 is 0 Å². The van der Waals surface area contributed by atoms with Gasteiger partial charge in [-0.05, 0) is 47.9 Å². The number of rotatable bonds is 11. The lowest BCUT2D eigenvalue weighted by atomic mass is 9.97. The molecule has 2 aliphatic heterocycles. The standard InChI is InChI=1S/C32H39F2N5O2/c1-5-28(8-6-23(2)20-38-12-14-41-15-13-38)37-31(40)24(3)29-17-26(7-9-30(29)35-4)27-16-25(18-36-19-27)21-39-11-10-32(33,34)22-39/h5-9,16-19,35H,2-3,10-15,20-22H2,1,4H3,(H,37,40)/b8-6-,28-5+. The first-order valence-electron chi connectivity index (χ1n) is 13.9. The van der Waals surface area contributed by atoms with E-state index in [0.717, 1.165) is 60.8 Å². The number of hydrogen-bond acceptors (Lipinski definition) is 6. The number of anilines is 1. The number of nitrogens with zero attached hydrogens (tertiary/aromatic N) is 3. The first-order valence-corrected chi connectivity index (χ1v) is 13.9. The number of nitrogens with one attached hydrogen (secondary N) is 2. The summed E-state index contributed by atoms with van der Waals surface area (Å²) < 4.78 is 32.7. The average Bonchev–Trinajstić information content (AvgIpc) is 3.32. The van der Waals surface area contributed by atoms with Gasteiger partial charge in [-0.2, -0.15) is 0 Å². The van der Waals surface area contributed by atoms with Crippen LogP contribution in [-0.4, -0.2) is 79.6 Å². The summed E-state index contributed by atoms with van der Waals surface area (Å²) >= 11 is 0. The molecule has 0 unspecified atom stereocenters. The Kier molecular flexibility index (Phi) is 10.2. The van der Waals surface area contributed by atoms with E-state index in [1.54, 1.807) is 24.3 Å². The third kappa shape index (κ3) is 8.42. The molecule has 1 aromatic heterocycles. The van der Waals surface area contributed by atoms with E-state index in [1.807, 2.05) is 49.4 Å². The fraction of sp³-hybridized carbons (Fsp3) is 0.375. The number of halogens is 2. The van der Waals surface area contributed by atoms with Gasteiger partial charge in [0.25, 0.3) is 11.8 Å². The molecular weight excluding hydrogens is 524 g/mol. The summed E-state index contributed by atoms with van der Waals surface area (Å²) in [5, 5.41) is 6.08. The SMILES string of the molecule is C=C(/C=C\C(=C/C)NC(=O)C(=C)c1cc(-c2cncc(CN3CCC(F)(F)C3)c2)ccc1NC)CN1CCOCC1. The highest BCUT2D eigenvalue weighted by molar-refractivity contribution is 6.21. The fourth-order valence-corrected chi connectivity index (χ4v) is 4.97. The van der Waals surface area contributed by atoms with Crippen LogP contribution in [0.1, 0.15) is 24.5 Å². The number of pyridine rings is 1. The Hall–Kier alpha value is -3.66. The van der Waals surface area contributed by atoms with Gasteiger partial charge in [0.15, 0.2) is 0 Å². The Labute approximate surface area is 241 Å². The first kappa shape index (κ1) is 30.3. The van der Waals surface area contributed by atoms with Gasteiger partial charge in [-0.15, -0.1) is 0 Å². The highest BCUT2D eigenvalue weighted by atomic mass is 19.3. The molecule has 9 heteroatoms. The highest BCUT2D eigenvalue weighted by Crippen LogP contribution is 2.31. The lowest BCUT2D eigenvalue weighted by molar-refractivity contribution is -0.114. The molecule has 1 amide bonds. The number of allylic oxidation sites excluding steroid dienone is 2. The lowest BCUT2D eigenvalue weighted by Gasteiger charge is -2.26. The molecule has 4 rings (SSSR count). The van der Waals surface area contributed by atoms with Gasteiger partial charge < -0.3 is 15.4 Å². The van der Waals surface area contributed by atoms with E-state index < -0.39 is 5.92 Å². The van der Waals surface area contributed by atoms with Gasteiger partial charge in [0.1, 0.15) is 0 Å². The molecule has 7 nitrogen and oxygen atoms in total. The minimum Gasteiger partial charge on any atom is -0.388 e. The molecule has 2 aliphatic rings. The minimum absolute atomic E-state index is 0.118. The molecule has 0 saturated carbocycles. The zero-order valence-electron chi connectivity index (χ0n) is 23.9. The Morgan fingerprint density at radius 1 is 1.10 bits per heavy atom. The van der Waals surface area contributed by atoms with Gasteiger partial charge in [-0.3, -0.25) is 19.6 Å². The molecule has 3 heterocycles. The molecule has 41 heavy (non-hydrogen) atoms. The van der Waals surface area contributed by atoms with E-state index in [4.69, 9.17) is 4.74 Å². The predicted octanol–water partition coefficient (Wildman–Crippen LogP) is 5.11. The number of benzene rings is 1. The van der Waals surface area contributed by atoms with Crippen LogP contribution in [0.5, 0.6) is 0 Å². The molecule has 2 fully saturated rings. The van der Waals surface area contributed by atoms with Crippen LogP contribution in [0, 0.1) is 0 Å². The second-order valence-corrected chi connectivity index (χ2v) is 10.5. The van der Waals surface area contributed by atoms with E-state index in [0.29, 0.717) is 29.9 Å². The van der Waals surface area contributed by atoms with Crippen LogP contribution in [0.4, 0.5) is 14.5 Å². The summed E-state index contributed by atoms with van der Waals surface area (Å²) in [6, 6.07) is 7.68. The van der Waals surface area contributed by atoms with Gasteiger partial charge in [-0.25, -0.2) is 8.78 Å². The van der Waals surface area contributed by atoms with Crippen LogP contribution in [0.15, 0.2) is 79.3 Å². The Balaban J connectivity index is 1.44. The summed E-state index contributed by atoms with van der Waals surface area (Å²) in [5.41, 5.74) is 5.85. The molecule has 0 spiro atoms. The average molecular weight is 564 g/mol. The van der Waals surface area contributed by atoms with Crippen molar-refractivity contribution in [2.24, 2.45) is 0 Å². The second kappa shape index (κ2) is 13.8. The molecule has 0 radical (unpaired) electrons. The van der Waals surface area contributed by atoms with Crippen molar-refractivity contribution in [2.45, 2.75) is 25.8 Å². The number of carbonyl (C=O) groups excluding carboxylic acids is 1. The number of morpholine rings is 1. The summed E-state index contributed by atoms with van der Waals surface area (Å²) in [4.78, 5) is 21.6. The molecule has 0 aliphatic carbocycles. The zero-order valence-corrected chi connectivity index (χ0v) is 23.9. The van der Waals surface area contributed by atoms with E-state index in [1.165, 1.54) is 0 Å². The number of carbonyl (C=O) groups is 1. The Morgan fingerprint density at radius 2 is 1.88 bits per heavy atom. The number of ether oxygens (including phenoxy) is 1. The van der Waals surface area contributed by atoms with Crippen molar-refractivity contribution in [2.75, 3.05) is 58.3 Å². The molecule has 0 bridgehead atoms. The number of likely N-dealkylation sites (tertiary alicyclic amines) is 1. The maximum atomic E-state index is 13.6. The molecular formula is C32H39F2N5O2. The topological polar surface area (TPSA) is 69.7 Å². The van der Waals surface area contributed by atoms with Crippen LogP contribution < -0.4 is 10.6 Å². The number of alkyl halides is 2. The minimum atomic E-state index is -2.64. The zero-order chi connectivity index (χ0) is 29.4. The Bertz CT molecular complexity index is 1330. The van der Waals surface area contributed by atoms with E-state index in [2.05, 4.69) is 33.7 Å². The van der Waals surface area contributed by atoms with Gasteiger partial charge in [0.2, 0.25) is 0 Å². The van der Waals surface area contributed by atoms with Gasteiger partial charge in [0, 0.05) is 86.7 Å². The number of amides is 1. The Morgan fingerprint density at radius 3 is 2.56 bits per heavy atom. The van der Waals surface area contributed by atoms with Crippen LogP contribution >= 0.6 is 0 Å². The normalized spacial score (nSPS) is 18.0. The van der Waals surface area contributed by atoms with Gasteiger partial charge in [0.05, 0.1) is 19.8 Å². The fourth-order valence-electron chi connectivity index (χ4n) is 4.97. The highest BCUT2D eigenvalue weighted by Gasteiger charge is 2.37. The summed E-state index contributed by atoms with van der Waals surface area (Å²) in [5.74, 6) is -2.96. The van der Waals surface area contributed by atoms with Gasteiger partial charge >= 0.3 is 0 Å². The molecule has 2 aromatic rings. The molecule has 1 aromatic carbocycles. The number of hydrogen-bond donors (Lipinski definition) is 2. The summed E-state index contributed by atoms with van der Waals surface area (Å²) in [6.07, 6.45) is 8.90. The molecule has 0 atom stereocenters. The van der Waals surface area contributed by atoms with Crippen molar-refractivity contribution in [3.05, 3.63) is 90.4 Å². The molecule has 2 N–H and O–H groups in total. The van der Waals surface area contributed by atoms with Crippen molar-refractivity contribution in [3.8, 4) is 11.1 Å². The van der Waals surface area contributed by atoms with Crippen LogP contribution in [-0.2, 0) is 16.1 Å². The monoisotopic (exact) mass is 563 g/mol. The van der Waals surface area contributed by atoms with Crippen molar-refractivity contribution in [1.82, 2.24) is 20.1 Å². The summed E-state index contributed by atoms with van der Waals surface area (Å²) in [6.45, 7) is 14.6.